The van der Waals surface area contributed by atoms with Crippen LogP contribution in [0.5, 0.6) is 0 Å². The summed E-state index contributed by atoms with van der Waals surface area (Å²) >= 11 is 0. The van der Waals surface area contributed by atoms with Crippen LogP contribution in [0.4, 0.5) is 0 Å². The Morgan fingerprint density at radius 1 is 1.31 bits per heavy atom. The van der Waals surface area contributed by atoms with Crippen molar-refractivity contribution in [3.8, 4) is 0 Å². The molecule has 0 aromatic heterocycles. The molecule has 0 amide bonds. The van der Waals surface area contributed by atoms with Gasteiger partial charge in [-0.2, -0.15) is 0 Å². The zero-order valence-electron chi connectivity index (χ0n) is 9.10. The average molecular weight is 184 g/mol. The Hall–Kier alpha value is -0.0800. The Balaban J connectivity index is 2.09. The van der Waals surface area contributed by atoms with E-state index >= 15 is 0 Å². The zero-order chi connectivity index (χ0) is 9.52. The topological polar surface area (TPSA) is 24.1 Å². The van der Waals surface area contributed by atoms with Gasteiger partial charge in [0.1, 0.15) is 0 Å². The molecule has 1 unspecified atom stereocenters. The second-order valence-corrected chi connectivity index (χ2v) is 4.07. The van der Waals surface area contributed by atoms with E-state index in [1.165, 1.54) is 38.6 Å². The highest BCUT2D eigenvalue weighted by Crippen LogP contribution is 2.06. The standard InChI is InChI=1S/C11H24N2/c1-3-10(4-2)13-9-11-7-5-6-8-12-11/h10-13H,3-9H2,1-2H3. The molecule has 0 aromatic carbocycles. The van der Waals surface area contributed by atoms with Gasteiger partial charge < -0.3 is 10.6 Å². The van der Waals surface area contributed by atoms with E-state index < -0.39 is 0 Å². The Morgan fingerprint density at radius 3 is 2.62 bits per heavy atom. The van der Waals surface area contributed by atoms with Crippen LogP contribution in [0.1, 0.15) is 46.0 Å². The van der Waals surface area contributed by atoms with E-state index in [1.54, 1.807) is 0 Å². The van der Waals surface area contributed by atoms with Crippen LogP contribution in [-0.2, 0) is 0 Å². The van der Waals surface area contributed by atoms with Crippen molar-refractivity contribution >= 4 is 0 Å². The highest BCUT2D eigenvalue weighted by Gasteiger charge is 2.13. The van der Waals surface area contributed by atoms with Crippen LogP contribution in [0.3, 0.4) is 0 Å². The van der Waals surface area contributed by atoms with Crippen molar-refractivity contribution in [1.82, 2.24) is 10.6 Å². The lowest BCUT2D eigenvalue weighted by Gasteiger charge is -2.26. The van der Waals surface area contributed by atoms with Gasteiger partial charge in [0, 0.05) is 18.6 Å². The molecule has 0 aromatic rings. The predicted molar refractivity (Wildman–Crippen MR) is 58.0 cm³/mol. The van der Waals surface area contributed by atoms with Crippen molar-refractivity contribution in [3.05, 3.63) is 0 Å². The summed E-state index contributed by atoms with van der Waals surface area (Å²) in [7, 11) is 0. The first-order valence-corrected chi connectivity index (χ1v) is 5.83. The van der Waals surface area contributed by atoms with Gasteiger partial charge in [-0.3, -0.25) is 0 Å². The minimum Gasteiger partial charge on any atom is -0.313 e. The molecule has 2 heteroatoms. The van der Waals surface area contributed by atoms with Gasteiger partial charge in [0.25, 0.3) is 0 Å². The normalized spacial score (nSPS) is 23.8. The summed E-state index contributed by atoms with van der Waals surface area (Å²) in [6, 6.07) is 1.46. The fraction of sp³-hybridized carbons (Fsp3) is 1.00. The largest absolute Gasteiger partial charge is 0.313 e. The lowest BCUT2D eigenvalue weighted by Crippen LogP contribution is -2.44. The lowest BCUT2D eigenvalue weighted by atomic mass is 10.0. The molecule has 2 N–H and O–H groups in total. The van der Waals surface area contributed by atoms with E-state index in [0.29, 0.717) is 0 Å². The van der Waals surface area contributed by atoms with Gasteiger partial charge in [0.2, 0.25) is 0 Å². The first kappa shape index (κ1) is 11.0. The third kappa shape index (κ3) is 4.10. The van der Waals surface area contributed by atoms with Gasteiger partial charge in [-0.1, -0.05) is 20.3 Å². The number of piperidine rings is 1. The molecule has 0 saturated carbocycles. The molecule has 13 heavy (non-hydrogen) atoms. The van der Waals surface area contributed by atoms with Crippen LogP contribution >= 0.6 is 0 Å². The van der Waals surface area contributed by atoms with Gasteiger partial charge in [0.05, 0.1) is 0 Å². The molecule has 1 atom stereocenters. The van der Waals surface area contributed by atoms with Crippen molar-refractivity contribution in [3.63, 3.8) is 0 Å². The number of nitrogens with one attached hydrogen (secondary N) is 2. The maximum atomic E-state index is 3.63. The highest BCUT2D eigenvalue weighted by atomic mass is 15.0. The summed E-state index contributed by atoms with van der Waals surface area (Å²) in [5.41, 5.74) is 0. The fourth-order valence-corrected chi connectivity index (χ4v) is 1.98. The minimum atomic E-state index is 0.726. The molecular formula is C11H24N2. The third-order valence-corrected chi connectivity index (χ3v) is 3.05. The van der Waals surface area contributed by atoms with Crippen molar-refractivity contribution in [2.45, 2.75) is 58.0 Å². The first-order chi connectivity index (χ1) is 6.36. The fourth-order valence-electron chi connectivity index (χ4n) is 1.98. The molecule has 78 valence electrons. The van der Waals surface area contributed by atoms with Crippen molar-refractivity contribution < 1.29 is 0 Å². The summed E-state index contributed by atoms with van der Waals surface area (Å²) in [6.07, 6.45) is 6.63. The smallest absolute Gasteiger partial charge is 0.0192 e. The maximum Gasteiger partial charge on any atom is 0.0192 e. The van der Waals surface area contributed by atoms with E-state index in [4.69, 9.17) is 0 Å². The monoisotopic (exact) mass is 184 g/mol. The van der Waals surface area contributed by atoms with Crippen LogP contribution in [0.25, 0.3) is 0 Å². The summed E-state index contributed by atoms with van der Waals surface area (Å²) in [5.74, 6) is 0. The molecule has 1 aliphatic rings. The Labute approximate surface area is 82.5 Å². The number of hydrogen-bond acceptors (Lipinski definition) is 2. The molecule has 1 heterocycles. The molecule has 0 bridgehead atoms. The predicted octanol–water partition coefficient (Wildman–Crippen LogP) is 1.91. The molecule has 2 nitrogen and oxygen atoms in total. The van der Waals surface area contributed by atoms with E-state index in [2.05, 4.69) is 24.5 Å². The van der Waals surface area contributed by atoms with Gasteiger partial charge in [-0.15, -0.1) is 0 Å². The van der Waals surface area contributed by atoms with E-state index in [1.807, 2.05) is 0 Å². The lowest BCUT2D eigenvalue weighted by molar-refractivity contribution is 0.359. The maximum absolute atomic E-state index is 3.63. The molecule has 1 saturated heterocycles. The highest BCUT2D eigenvalue weighted by molar-refractivity contribution is 4.76. The van der Waals surface area contributed by atoms with E-state index in [9.17, 15) is 0 Å². The SMILES string of the molecule is CCC(CC)NCC1CCCCN1. The Kier molecular flexibility index (Phi) is 5.40. The van der Waals surface area contributed by atoms with Crippen molar-refractivity contribution in [1.29, 1.82) is 0 Å². The molecular weight excluding hydrogens is 160 g/mol. The second kappa shape index (κ2) is 6.39. The van der Waals surface area contributed by atoms with Gasteiger partial charge >= 0.3 is 0 Å². The molecule has 1 aliphatic heterocycles. The molecule has 0 aliphatic carbocycles. The van der Waals surface area contributed by atoms with Crippen LogP contribution in [0.2, 0.25) is 0 Å². The average Bonchev–Trinajstić information content (AvgIpc) is 2.21. The Morgan fingerprint density at radius 2 is 2.08 bits per heavy atom. The molecule has 0 radical (unpaired) electrons. The number of hydrogen-bond donors (Lipinski definition) is 2. The van der Waals surface area contributed by atoms with Crippen LogP contribution in [0.15, 0.2) is 0 Å². The third-order valence-electron chi connectivity index (χ3n) is 3.05. The quantitative estimate of drug-likeness (QED) is 0.682. The summed E-state index contributed by atoms with van der Waals surface area (Å²) in [4.78, 5) is 0. The molecule has 0 spiro atoms. The second-order valence-electron chi connectivity index (χ2n) is 4.07. The first-order valence-electron chi connectivity index (χ1n) is 5.83. The van der Waals surface area contributed by atoms with Crippen LogP contribution in [0, 0.1) is 0 Å². The molecule has 1 rings (SSSR count). The molecule has 1 fully saturated rings. The Bertz CT molecular complexity index is 115. The summed E-state index contributed by atoms with van der Waals surface area (Å²) < 4.78 is 0. The van der Waals surface area contributed by atoms with Gasteiger partial charge in [-0.05, 0) is 32.2 Å². The van der Waals surface area contributed by atoms with Gasteiger partial charge in [-0.25, -0.2) is 0 Å². The minimum absolute atomic E-state index is 0.726. The van der Waals surface area contributed by atoms with E-state index in [-0.39, 0.29) is 0 Å². The van der Waals surface area contributed by atoms with Crippen molar-refractivity contribution in [2.75, 3.05) is 13.1 Å². The van der Waals surface area contributed by atoms with Crippen LogP contribution < -0.4 is 10.6 Å². The summed E-state index contributed by atoms with van der Waals surface area (Å²) in [6.45, 7) is 6.90. The van der Waals surface area contributed by atoms with E-state index in [0.717, 1.165) is 18.6 Å². The number of rotatable bonds is 5. The van der Waals surface area contributed by atoms with Gasteiger partial charge in [0.15, 0.2) is 0 Å². The van der Waals surface area contributed by atoms with Crippen LogP contribution in [-0.4, -0.2) is 25.2 Å². The van der Waals surface area contributed by atoms with Crippen molar-refractivity contribution in [2.24, 2.45) is 0 Å². The summed E-state index contributed by atoms with van der Waals surface area (Å²) in [5, 5.41) is 7.19. The zero-order valence-corrected chi connectivity index (χ0v) is 9.10.